The molecular formula is C10H13NO2S2. The van der Waals surface area contributed by atoms with Gasteiger partial charge in [0, 0.05) is 11.4 Å². The van der Waals surface area contributed by atoms with Crippen LogP contribution in [0.1, 0.15) is 16.9 Å². The predicted molar refractivity (Wildman–Crippen MR) is 61.0 cm³/mol. The van der Waals surface area contributed by atoms with Crippen LogP contribution in [0.15, 0.2) is 11.4 Å². The highest BCUT2D eigenvalue weighted by Gasteiger charge is 2.46. The summed E-state index contributed by atoms with van der Waals surface area (Å²) in [6.45, 7) is 0.902. The van der Waals surface area contributed by atoms with Crippen LogP contribution in [-0.2, 0) is 21.8 Å². The lowest BCUT2D eigenvalue weighted by molar-refractivity contribution is 0.364. The minimum atomic E-state index is -2.83. The van der Waals surface area contributed by atoms with E-state index < -0.39 is 9.84 Å². The van der Waals surface area contributed by atoms with Crippen LogP contribution in [0.2, 0.25) is 0 Å². The second kappa shape index (κ2) is 3.06. The van der Waals surface area contributed by atoms with E-state index in [2.05, 4.69) is 16.8 Å². The summed E-state index contributed by atoms with van der Waals surface area (Å²) in [6.07, 6.45) is 1.77. The normalized spacial score (nSPS) is 33.1. The van der Waals surface area contributed by atoms with Crippen molar-refractivity contribution < 1.29 is 8.42 Å². The zero-order valence-electron chi connectivity index (χ0n) is 8.32. The van der Waals surface area contributed by atoms with Gasteiger partial charge < -0.3 is 5.32 Å². The van der Waals surface area contributed by atoms with Crippen molar-refractivity contribution in [3.05, 3.63) is 21.9 Å². The summed E-state index contributed by atoms with van der Waals surface area (Å²) in [5.74, 6) is 0.616. The van der Waals surface area contributed by atoms with Gasteiger partial charge >= 0.3 is 0 Å². The van der Waals surface area contributed by atoms with E-state index in [0.717, 1.165) is 19.4 Å². The van der Waals surface area contributed by atoms with E-state index in [4.69, 9.17) is 0 Å². The second-order valence-electron chi connectivity index (χ2n) is 4.38. The molecule has 0 bridgehead atoms. The van der Waals surface area contributed by atoms with Gasteiger partial charge in [-0.2, -0.15) is 0 Å². The van der Waals surface area contributed by atoms with Crippen molar-refractivity contribution in [1.82, 2.24) is 5.32 Å². The van der Waals surface area contributed by atoms with Gasteiger partial charge in [-0.05, 0) is 29.9 Å². The van der Waals surface area contributed by atoms with Crippen LogP contribution in [-0.4, -0.2) is 26.5 Å². The fourth-order valence-electron chi connectivity index (χ4n) is 2.64. The van der Waals surface area contributed by atoms with Crippen molar-refractivity contribution in [3.8, 4) is 0 Å². The van der Waals surface area contributed by atoms with Crippen molar-refractivity contribution in [1.29, 1.82) is 0 Å². The van der Waals surface area contributed by atoms with Crippen molar-refractivity contribution >= 4 is 21.2 Å². The fraction of sp³-hybridized carbons (Fsp3) is 0.600. The third-order valence-electron chi connectivity index (χ3n) is 3.35. The summed E-state index contributed by atoms with van der Waals surface area (Å²) < 4.78 is 23.2. The Bertz CT molecular complexity index is 491. The lowest BCUT2D eigenvalue weighted by atomic mass is 9.89. The van der Waals surface area contributed by atoms with Gasteiger partial charge in [0.15, 0.2) is 9.84 Å². The van der Waals surface area contributed by atoms with Crippen LogP contribution < -0.4 is 5.32 Å². The van der Waals surface area contributed by atoms with Crippen LogP contribution in [0.4, 0.5) is 0 Å². The predicted octanol–water partition coefficient (Wildman–Crippen LogP) is 0.908. The van der Waals surface area contributed by atoms with Crippen LogP contribution >= 0.6 is 11.3 Å². The molecule has 2 aliphatic heterocycles. The second-order valence-corrected chi connectivity index (χ2v) is 7.48. The zero-order valence-corrected chi connectivity index (χ0v) is 9.96. The maximum Gasteiger partial charge on any atom is 0.152 e. The first-order chi connectivity index (χ1) is 7.11. The average Bonchev–Trinajstić information content (AvgIpc) is 2.73. The largest absolute Gasteiger partial charge is 0.306 e. The highest BCUT2D eigenvalue weighted by atomic mass is 32.2. The number of hydrogen-bond acceptors (Lipinski definition) is 4. The fourth-order valence-corrected chi connectivity index (χ4v) is 5.84. The van der Waals surface area contributed by atoms with Gasteiger partial charge in [0.1, 0.15) is 0 Å². The molecule has 1 aromatic rings. The summed E-state index contributed by atoms with van der Waals surface area (Å²) in [5.41, 5.74) is 1.09. The van der Waals surface area contributed by atoms with Gasteiger partial charge in [0.2, 0.25) is 0 Å². The average molecular weight is 243 g/mol. The molecule has 1 aromatic heterocycles. The molecule has 82 valence electrons. The SMILES string of the molecule is O=S1(=O)CCC2(C1)NCCc1ccsc12. The van der Waals surface area contributed by atoms with E-state index in [1.807, 2.05) is 0 Å². The monoisotopic (exact) mass is 243 g/mol. The molecule has 3 heterocycles. The summed E-state index contributed by atoms with van der Waals surface area (Å²) in [4.78, 5) is 1.26. The van der Waals surface area contributed by atoms with Gasteiger partial charge in [-0.15, -0.1) is 11.3 Å². The number of hydrogen-bond donors (Lipinski definition) is 1. The van der Waals surface area contributed by atoms with E-state index in [1.54, 1.807) is 11.3 Å². The van der Waals surface area contributed by atoms with Gasteiger partial charge in [-0.3, -0.25) is 0 Å². The third-order valence-corrected chi connectivity index (χ3v) is 6.26. The van der Waals surface area contributed by atoms with Gasteiger partial charge in [-0.25, -0.2) is 8.42 Å². The highest BCUT2D eigenvalue weighted by molar-refractivity contribution is 7.91. The molecule has 0 aromatic carbocycles. The van der Waals surface area contributed by atoms with Crippen molar-refractivity contribution in [2.24, 2.45) is 0 Å². The summed E-state index contributed by atoms with van der Waals surface area (Å²) in [7, 11) is -2.83. The number of fused-ring (bicyclic) bond motifs is 2. The molecule has 1 saturated heterocycles. The summed E-state index contributed by atoms with van der Waals surface area (Å²) in [5, 5.41) is 5.50. The Hall–Kier alpha value is -0.390. The molecule has 3 nitrogen and oxygen atoms in total. The lowest BCUT2D eigenvalue weighted by Gasteiger charge is -2.33. The Morgan fingerprint density at radius 3 is 3.07 bits per heavy atom. The first kappa shape index (κ1) is 9.81. The molecule has 1 unspecified atom stereocenters. The van der Waals surface area contributed by atoms with Crippen LogP contribution in [0.25, 0.3) is 0 Å². The standard InChI is InChI=1S/C10H13NO2S2/c12-15(13)6-3-10(7-15)9-8(1-4-11-10)2-5-14-9/h2,5,11H,1,3-4,6-7H2. The molecule has 3 rings (SSSR count). The first-order valence-electron chi connectivity index (χ1n) is 5.14. The van der Waals surface area contributed by atoms with Crippen LogP contribution in [0.3, 0.4) is 0 Å². The molecular weight excluding hydrogens is 230 g/mol. The molecule has 0 saturated carbocycles. The third kappa shape index (κ3) is 1.45. The molecule has 0 aliphatic carbocycles. The first-order valence-corrected chi connectivity index (χ1v) is 7.84. The number of thiophene rings is 1. The molecule has 1 fully saturated rings. The van der Waals surface area contributed by atoms with Crippen molar-refractivity contribution in [2.75, 3.05) is 18.1 Å². The van der Waals surface area contributed by atoms with Gasteiger partial charge in [0.25, 0.3) is 0 Å². The summed E-state index contributed by atoms with van der Waals surface area (Å²) >= 11 is 1.70. The molecule has 1 N–H and O–H groups in total. The zero-order chi connectivity index (χ0) is 10.5. The molecule has 15 heavy (non-hydrogen) atoms. The van der Waals surface area contributed by atoms with Crippen molar-refractivity contribution in [2.45, 2.75) is 18.4 Å². The Labute approximate surface area is 93.4 Å². The van der Waals surface area contributed by atoms with E-state index in [1.165, 1.54) is 10.4 Å². The molecule has 1 atom stereocenters. The Morgan fingerprint density at radius 2 is 2.33 bits per heavy atom. The van der Waals surface area contributed by atoms with E-state index >= 15 is 0 Å². The topological polar surface area (TPSA) is 46.2 Å². The molecule has 0 amide bonds. The minimum absolute atomic E-state index is 0.249. The molecule has 5 heteroatoms. The number of rotatable bonds is 0. The smallest absolute Gasteiger partial charge is 0.152 e. The number of sulfone groups is 1. The van der Waals surface area contributed by atoms with E-state index in [0.29, 0.717) is 5.75 Å². The Balaban J connectivity index is 2.10. The maximum atomic E-state index is 11.6. The van der Waals surface area contributed by atoms with Crippen molar-refractivity contribution in [3.63, 3.8) is 0 Å². The van der Waals surface area contributed by atoms with Gasteiger partial charge in [0.05, 0.1) is 17.0 Å². The Kier molecular flexibility index (Phi) is 2.00. The van der Waals surface area contributed by atoms with Crippen LogP contribution in [0, 0.1) is 0 Å². The van der Waals surface area contributed by atoms with E-state index in [9.17, 15) is 8.42 Å². The molecule has 1 spiro atoms. The van der Waals surface area contributed by atoms with Gasteiger partial charge in [-0.1, -0.05) is 0 Å². The minimum Gasteiger partial charge on any atom is -0.306 e. The Morgan fingerprint density at radius 1 is 1.47 bits per heavy atom. The number of nitrogens with one attached hydrogen (secondary N) is 1. The van der Waals surface area contributed by atoms with E-state index in [-0.39, 0.29) is 11.3 Å². The molecule has 0 radical (unpaired) electrons. The lowest BCUT2D eigenvalue weighted by Crippen LogP contribution is -2.47. The van der Waals surface area contributed by atoms with Crippen LogP contribution in [0.5, 0.6) is 0 Å². The highest BCUT2D eigenvalue weighted by Crippen LogP contribution is 2.40. The maximum absolute atomic E-state index is 11.6. The molecule has 2 aliphatic rings. The summed E-state index contributed by atoms with van der Waals surface area (Å²) in [6, 6.07) is 2.13. The quantitative estimate of drug-likeness (QED) is 0.736.